The van der Waals surface area contributed by atoms with Crippen LogP contribution in [0.3, 0.4) is 0 Å². The van der Waals surface area contributed by atoms with Gasteiger partial charge >= 0.3 is 6.09 Å². The number of piperidine rings is 1. The predicted octanol–water partition coefficient (Wildman–Crippen LogP) is 7.93. The molecule has 1 N–H and O–H groups in total. The lowest BCUT2D eigenvalue weighted by molar-refractivity contribution is -0.138. The summed E-state index contributed by atoms with van der Waals surface area (Å²) >= 11 is 6.00. The molecule has 3 fully saturated rings. The van der Waals surface area contributed by atoms with Gasteiger partial charge in [-0.05, 0) is 111 Å². The fourth-order valence-electron chi connectivity index (χ4n) is 8.49. The van der Waals surface area contributed by atoms with Crippen LogP contribution in [0.1, 0.15) is 108 Å². The average Bonchev–Trinajstić information content (AvgIpc) is 3.36. The van der Waals surface area contributed by atoms with Crippen molar-refractivity contribution in [3.63, 3.8) is 0 Å². The van der Waals surface area contributed by atoms with Crippen LogP contribution in [0.25, 0.3) is 0 Å². The number of cyclic esters (lactones) is 1. The van der Waals surface area contributed by atoms with Crippen LogP contribution >= 0.6 is 11.6 Å². The quantitative estimate of drug-likeness (QED) is 0.276. The third-order valence-corrected chi connectivity index (χ3v) is 11.7. The van der Waals surface area contributed by atoms with Crippen molar-refractivity contribution >= 4 is 30.0 Å². The summed E-state index contributed by atoms with van der Waals surface area (Å²) in [6, 6.07) is 15.6. The van der Waals surface area contributed by atoms with Gasteiger partial charge in [0.2, 0.25) is 12.3 Å². The monoisotopic (exact) mass is 663 g/mol. The van der Waals surface area contributed by atoms with Crippen molar-refractivity contribution in [1.29, 1.82) is 0 Å². The van der Waals surface area contributed by atoms with E-state index in [0.29, 0.717) is 50.0 Å². The zero-order chi connectivity index (χ0) is 33.4. The summed E-state index contributed by atoms with van der Waals surface area (Å²) in [6.45, 7) is 8.95. The summed E-state index contributed by atoms with van der Waals surface area (Å²) in [4.78, 5) is 41.0. The van der Waals surface area contributed by atoms with E-state index < -0.39 is 6.04 Å². The van der Waals surface area contributed by atoms with E-state index in [1.54, 1.807) is 23.3 Å². The number of benzene rings is 2. The average molecular weight is 664 g/mol. The van der Waals surface area contributed by atoms with Crippen molar-refractivity contribution in [3.05, 3.63) is 70.2 Å². The molecule has 0 aromatic heterocycles. The van der Waals surface area contributed by atoms with Gasteiger partial charge in [0, 0.05) is 31.1 Å². The SMILES string of the molecule is CC1(C)COC(=O)N1CCC1(C2CCCCC2)CCN(C(=O)C(Cc2ccc(Cl)cc2)NC=O)CC1.CC1CCCc2ccccc21. The number of hydrogen-bond donors (Lipinski definition) is 1. The summed E-state index contributed by atoms with van der Waals surface area (Å²) in [5.41, 5.74) is 3.96. The largest absolute Gasteiger partial charge is 0.447 e. The smallest absolute Gasteiger partial charge is 0.410 e. The van der Waals surface area contributed by atoms with Gasteiger partial charge in [-0.3, -0.25) is 14.5 Å². The summed E-state index contributed by atoms with van der Waals surface area (Å²) in [7, 11) is 0. The van der Waals surface area contributed by atoms with E-state index in [0.717, 1.165) is 30.7 Å². The molecule has 0 spiro atoms. The maximum atomic E-state index is 13.5. The first-order chi connectivity index (χ1) is 22.6. The molecular formula is C39H54ClN3O4. The highest BCUT2D eigenvalue weighted by Gasteiger charge is 2.46. The predicted molar refractivity (Wildman–Crippen MR) is 188 cm³/mol. The molecule has 0 radical (unpaired) electrons. The Morgan fingerprint density at radius 2 is 1.72 bits per heavy atom. The third kappa shape index (κ3) is 8.70. The van der Waals surface area contributed by atoms with Crippen LogP contribution in [0.15, 0.2) is 48.5 Å². The highest BCUT2D eigenvalue weighted by molar-refractivity contribution is 6.30. The number of rotatable bonds is 9. The van der Waals surface area contributed by atoms with E-state index in [1.165, 1.54) is 51.4 Å². The highest BCUT2D eigenvalue weighted by Crippen LogP contribution is 2.49. The molecule has 0 bridgehead atoms. The number of hydrogen-bond acceptors (Lipinski definition) is 4. The first-order valence-corrected chi connectivity index (χ1v) is 18.2. The number of amides is 3. The summed E-state index contributed by atoms with van der Waals surface area (Å²) in [6.07, 6.45) is 14.0. The molecule has 3 amide bonds. The molecule has 47 heavy (non-hydrogen) atoms. The van der Waals surface area contributed by atoms with Crippen LogP contribution in [-0.2, 0) is 27.2 Å². The van der Waals surface area contributed by atoms with Crippen LogP contribution < -0.4 is 5.32 Å². The van der Waals surface area contributed by atoms with Gasteiger partial charge in [-0.1, -0.05) is 74.2 Å². The maximum absolute atomic E-state index is 13.5. The maximum Gasteiger partial charge on any atom is 0.410 e. The number of ether oxygens (including phenoxy) is 1. The minimum atomic E-state index is -0.592. The molecule has 2 aliphatic heterocycles. The molecule has 4 aliphatic rings. The fraction of sp³-hybridized carbons (Fsp3) is 0.615. The normalized spacial score (nSPS) is 22.7. The number of nitrogens with one attached hydrogen (secondary N) is 1. The van der Waals surface area contributed by atoms with Crippen molar-refractivity contribution in [3.8, 4) is 0 Å². The van der Waals surface area contributed by atoms with Gasteiger partial charge in [-0.25, -0.2) is 4.79 Å². The van der Waals surface area contributed by atoms with Crippen molar-refractivity contribution in [2.45, 2.75) is 115 Å². The lowest BCUT2D eigenvalue weighted by atomic mass is 9.62. The van der Waals surface area contributed by atoms with Crippen molar-refractivity contribution in [2.24, 2.45) is 11.3 Å². The summed E-state index contributed by atoms with van der Waals surface area (Å²) in [5.74, 6) is 1.39. The van der Waals surface area contributed by atoms with Gasteiger partial charge in [0.1, 0.15) is 12.6 Å². The molecule has 7 nitrogen and oxygen atoms in total. The minimum absolute atomic E-state index is 0.0291. The first kappa shape index (κ1) is 35.3. The molecule has 2 unspecified atom stereocenters. The van der Waals surface area contributed by atoms with E-state index in [2.05, 4.69) is 50.4 Å². The van der Waals surface area contributed by atoms with Gasteiger partial charge < -0.3 is 15.0 Å². The van der Waals surface area contributed by atoms with Gasteiger partial charge in [0.05, 0.1) is 5.54 Å². The number of aryl methyl sites for hydroxylation is 1. The standard InChI is InChI=1S/C28H40ClN3O4.C11H14/c1-27(2)19-36-26(35)32(27)17-14-28(22-6-4-3-5-7-22)12-15-31(16-13-28)25(34)24(30-20-33)18-21-8-10-23(29)11-9-21;1-9-5-4-7-10-6-2-3-8-11(9)10/h8-11,20,22,24H,3-7,12-19H2,1-2H3,(H,30,33);2-3,6,8-9H,4-5,7H2,1H3. The molecule has 2 saturated heterocycles. The highest BCUT2D eigenvalue weighted by atomic mass is 35.5. The molecular weight excluding hydrogens is 610 g/mol. The molecule has 2 atom stereocenters. The van der Waals surface area contributed by atoms with Crippen LogP contribution in [0.4, 0.5) is 4.79 Å². The molecule has 6 rings (SSSR count). The Hall–Kier alpha value is -3.06. The Morgan fingerprint density at radius 1 is 1.02 bits per heavy atom. The zero-order valence-electron chi connectivity index (χ0n) is 28.6. The molecule has 256 valence electrons. The third-order valence-electron chi connectivity index (χ3n) is 11.5. The Bertz CT molecular complexity index is 1350. The first-order valence-electron chi connectivity index (χ1n) is 17.9. The van der Waals surface area contributed by atoms with E-state index in [1.807, 2.05) is 21.9 Å². The second-order valence-corrected chi connectivity index (χ2v) is 15.4. The number of likely N-dealkylation sites (tertiary alicyclic amines) is 1. The minimum Gasteiger partial charge on any atom is -0.447 e. The molecule has 1 saturated carbocycles. The lowest BCUT2D eigenvalue weighted by Crippen LogP contribution is -2.53. The van der Waals surface area contributed by atoms with Gasteiger partial charge in [0.25, 0.3) is 0 Å². The molecule has 2 aromatic carbocycles. The van der Waals surface area contributed by atoms with Crippen molar-refractivity contribution < 1.29 is 19.1 Å². The second kappa shape index (κ2) is 15.9. The summed E-state index contributed by atoms with van der Waals surface area (Å²) < 4.78 is 5.34. The Kier molecular flexibility index (Phi) is 11.9. The van der Waals surface area contributed by atoms with Gasteiger partial charge in [-0.15, -0.1) is 0 Å². The number of nitrogens with zero attached hydrogens (tertiary/aromatic N) is 2. The van der Waals surface area contributed by atoms with Crippen LogP contribution in [-0.4, -0.2) is 66.0 Å². The Morgan fingerprint density at radius 3 is 2.36 bits per heavy atom. The van der Waals surface area contributed by atoms with Gasteiger partial charge in [0.15, 0.2) is 0 Å². The van der Waals surface area contributed by atoms with Gasteiger partial charge in [-0.2, -0.15) is 0 Å². The van der Waals surface area contributed by atoms with Crippen LogP contribution in [0, 0.1) is 11.3 Å². The van der Waals surface area contributed by atoms with E-state index in [4.69, 9.17) is 16.3 Å². The molecule has 2 aromatic rings. The van der Waals surface area contributed by atoms with Crippen LogP contribution in [0.2, 0.25) is 5.02 Å². The Balaban J connectivity index is 0.000000330. The van der Waals surface area contributed by atoms with E-state index in [-0.39, 0.29) is 23.0 Å². The van der Waals surface area contributed by atoms with E-state index >= 15 is 0 Å². The zero-order valence-corrected chi connectivity index (χ0v) is 29.4. The Labute approximate surface area is 286 Å². The topological polar surface area (TPSA) is 79.0 Å². The van der Waals surface area contributed by atoms with Crippen molar-refractivity contribution in [1.82, 2.24) is 15.1 Å². The van der Waals surface area contributed by atoms with Crippen LogP contribution in [0.5, 0.6) is 0 Å². The summed E-state index contributed by atoms with van der Waals surface area (Å²) in [5, 5.41) is 3.38. The molecule has 8 heteroatoms. The fourth-order valence-corrected chi connectivity index (χ4v) is 8.62. The second-order valence-electron chi connectivity index (χ2n) is 15.0. The molecule has 2 aliphatic carbocycles. The molecule has 2 heterocycles. The van der Waals surface area contributed by atoms with E-state index in [9.17, 15) is 14.4 Å². The number of halogens is 1. The number of carbonyl (C=O) groups excluding carboxylic acids is 3. The lowest BCUT2D eigenvalue weighted by Gasteiger charge is -2.49. The number of fused-ring (bicyclic) bond motifs is 1. The van der Waals surface area contributed by atoms with Crippen molar-refractivity contribution in [2.75, 3.05) is 26.2 Å². The number of carbonyl (C=O) groups is 3.